The fourth-order valence-electron chi connectivity index (χ4n) is 2.96. The van der Waals surface area contributed by atoms with Crippen LogP contribution in [-0.2, 0) is 11.3 Å². The molecule has 24 heavy (non-hydrogen) atoms. The SMILES string of the molecule is CC(C)N(CCNC(=O)CCn1c(=O)oc2ccccc21)C(C)C. The van der Waals surface area contributed by atoms with Crippen molar-refractivity contribution in [2.24, 2.45) is 0 Å². The van der Waals surface area contributed by atoms with Crippen LogP contribution < -0.4 is 11.1 Å². The fraction of sp³-hybridized carbons (Fsp3) is 0.556. The molecule has 0 saturated heterocycles. The number of carbonyl (C=O) groups is 1. The predicted octanol–water partition coefficient (Wildman–Crippen LogP) is 2.22. The third-order valence-electron chi connectivity index (χ3n) is 4.15. The normalized spacial score (nSPS) is 11.8. The largest absolute Gasteiger partial charge is 0.419 e. The maximum Gasteiger partial charge on any atom is 0.419 e. The summed E-state index contributed by atoms with van der Waals surface area (Å²) in [5.74, 6) is -0.477. The highest BCUT2D eigenvalue weighted by Crippen LogP contribution is 2.11. The van der Waals surface area contributed by atoms with Crippen LogP contribution in [0.25, 0.3) is 11.1 Å². The number of rotatable bonds is 8. The molecule has 0 unspecified atom stereocenters. The molecule has 132 valence electrons. The Hall–Kier alpha value is -2.08. The van der Waals surface area contributed by atoms with Crippen molar-refractivity contribution in [3.05, 3.63) is 34.8 Å². The first-order valence-corrected chi connectivity index (χ1v) is 8.51. The molecule has 0 bridgehead atoms. The first-order chi connectivity index (χ1) is 11.4. The van der Waals surface area contributed by atoms with E-state index in [4.69, 9.17) is 4.42 Å². The van der Waals surface area contributed by atoms with Crippen LogP contribution >= 0.6 is 0 Å². The maximum absolute atomic E-state index is 12.0. The first-order valence-electron chi connectivity index (χ1n) is 8.51. The number of nitrogens with zero attached hydrogens (tertiary/aromatic N) is 2. The van der Waals surface area contributed by atoms with Gasteiger partial charge in [0.25, 0.3) is 0 Å². The van der Waals surface area contributed by atoms with Crippen LogP contribution in [0.4, 0.5) is 0 Å². The lowest BCUT2D eigenvalue weighted by atomic mass is 10.2. The monoisotopic (exact) mass is 333 g/mol. The molecule has 0 fully saturated rings. The van der Waals surface area contributed by atoms with Crippen LogP contribution in [0.3, 0.4) is 0 Å². The lowest BCUT2D eigenvalue weighted by Gasteiger charge is -2.30. The molecule has 1 heterocycles. The standard InChI is InChI=1S/C18H27N3O3/c1-13(2)20(14(3)4)12-10-19-17(22)9-11-21-15-7-5-6-8-16(15)24-18(21)23/h5-8,13-14H,9-12H2,1-4H3,(H,19,22). The third-order valence-corrected chi connectivity index (χ3v) is 4.15. The summed E-state index contributed by atoms with van der Waals surface area (Å²) < 4.78 is 6.67. The summed E-state index contributed by atoms with van der Waals surface area (Å²) in [4.78, 5) is 26.2. The molecule has 0 radical (unpaired) electrons. The average Bonchev–Trinajstić information content (AvgIpc) is 2.84. The van der Waals surface area contributed by atoms with Crippen molar-refractivity contribution in [1.82, 2.24) is 14.8 Å². The van der Waals surface area contributed by atoms with Gasteiger partial charge in [-0.3, -0.25) is 14.3 Å². The molecule has 0 atom stereocenters. The summed E-state index contributed by atoms with van der Waals surface area (Å²) in [6, 6.07) is 8.12. The summed E-state index contributed by atoms with van der Waals surface area (Å²) in [6.07, 6.45) is 0.257. The zero-order valence-electron chi connectivity index (χ0n) is 14.9. The van der Waals surface area contributed by atoms with E-state index < -0.39 is 5.76 Å². The van der Waals surface area contributed by atoms with E-state index in [2.05, 4.69) is 37.9 Å². The van der Waals surface area contributed by atoms with Crippen LogP contribution in [0, 0.1) is 0 Å². The Morgan fingerprint density at radius 2 is 1.88 bits per heavy atom. The molecule has 1 aromatic carbocycles. The molecular formula is C18H27N3O3. The number of aromatic nitrogens is 1. The summed E-state index contributed by atoms with van der Waals surface area (Å²) in [5, 5.41) is 2.93. The Morgan fingerprint density at radius 3 is 2.54 bits per heavy atom. The Labute approximate surface area is 142 Å². The van der Waals surface area contributed by atoms with Crippen molar-refractivity contribution in [1.29, 1.82) is 0 Å². The number of nitrogens with one attached hydrogen (secondary N) is 1. The van der Waals surface area contributed by atoms with Crippen LogP contribution in [0.1, 0.15) is 34.1 Å². The van der Waals surface area contributed by atoms with Gasteiger partial charge in [-0.25, -0.2) is 4.79 Å². The predicted molar refractivity (Wildman–Crippen MR) is 95.1 cm³/mol. The van der Waals surface area contributed by atoms with Crippen molar-refractivity contribution < 1.29 is 9.21 Å². The first kappa shape index (κ1) is 18.3. The molecule has 1 aromatic heterocycles. The topological polar surface area (TPSA) is 67.5 Å². The Morgan fingerprint density at radius 1 is 1.21 bits per heavy atom. The van der Waals surface area contributed by atoms with Crippen LogP contribution in [0.2, 0.25) is 0 Å². The van der Waals surface area contributed by atoms with Crippen LogP contribution in [0.15, 0.2) is 33.5 Å². The van der Waals surface area contributed by atoms with Crippen molar-refractivity contribution in [3.8, 4) is 0 Å². The van der Waals surface area contributed by atoms with E-state index in [1.165, 1.54) is 4.57 Å². The molecule has 1 amide bonds. The molecule has 0 aliphatic heterocycles. The van der Waals surface area contributed by atoms with Gasteiger partial charge in [0.2, 0.25) is 5.91 Å². The number of amides is 1. The van der Waals surface area contributed by atoms with Crippen molar-refractivity contribution in [2.75, 3.05) is 13.1 Å². The van der Waals surface area contributed by atoms with E-state index in [9.17, 15) is 9.59 Å². The minimum atomic E-state index is -0.421. The van der Waals surface area contributed by atoms with Crippen LogP contribution in [-0.4, -0.2) is 40.5 Å². The number of para-hydroxylation sites is 2. The molecule has 0 aliphatic rings. The molecule has 1 N–H and O–H groups in total. The van der Waals surface area contributed by atoms with E-state index in [1.807, 2.05) is 18.2 Å². The number of hydrogen-bond acceptors (Lipinski definition) is 4. The number of hydrogen-bond donors (Lipinski definition) is 1. The molecule has 2 rings (SSSR count). The van der Waals surface area contributed by atoms with Gasteiger partial charge in [0.1, 0.15) is 0 Å². The number of benzene rings is 1. The van der Waals surface area contributed by atoms with Crippen molar-refractivity contribution in [3.63, 3.8) is 0 Å². The number of carbonyl (C=O) groups excluding carboxylic acids is 1. The van der Waals surface area contributed by atoms with Gasteiger partial charge in [-0.2, -0.15) is 0 Å². The molecule has 0 spiro atoms. The minimum absolute atomic E-state index is 0.0559. The van der Waals surface area contributed by atoms with E-state index in [1.54, 1.807) is 6.07 Å². The van der Waals surface area contributed by atoms with Gasteiger partial charge in [-0.1, -0.05) is 12.1 Å². The quantitative estimate of drug-likeness (QED) is 0.804. The maximum atomic E-state index is 12.0. The summed E-state index contributed by atoms with van der Waals surface area (Å²) in [7, 11) is 0. The van der Waals surface area contributed by atoms with Crippen LogP contribution in [0.5, 0.6) is 0 Å². The molecule has 0 aliphatic carbocycles. The second-order valence-corrected chi connectivity index (χ2v) is 6.51. The Bertz CT molecular complexity index is 722. The zero-order chi connectivity index (χ0) is 17.7. The van der Waals surface area contributed by atoms with Gasteiger partial charge >= 0.3 is 5.76 Å². The lowest BCUT2D eigenvalue weighted by molar-refractivity contribution is -0.121. The summed E-state index contributed by atoms with van der Waals surface area (Å²) in [6.45, 7) is 10.3. The number of aryl methyl sites for hydroxylation is 1. The van der Waals surface area contributed by atoms with Gasteiger partial charge < -0.3 is 9.73 Å². The molecule has 0 saturated carbocycles. The summed E-state index contributed by atoms with van der Waals surface area (Å²) >= 11 is 0. The number of oxazole rings is 1. The second-order valence-electron chi connectivity index (χ2n) is 6.51. The van der Waals surface area contributed by atoms with E-state index in [0.29, 0.717) is 30.8 Å². The average molecular weight is 333 g/mol. The van der Waals surface area contributed by atoms with Gasteiger partial charge in [0.05, 0.1) is 5.52 Å². The van der Waals surface area contributed by atoms with Gasteiger partial charge in [0.15, 0.2) is 5.58 Å². The van der Waals surface area contributed by atoms with Crippen molar-refractivity contribution >= 4 is 17.0 Å². The second kappa shape index (κ2) is 8.15. The van der Waals surface area contributed by atoms with Gasteiger partial charge in [-0.15, -0.1) is 0 Å². The molecule has 6 nitrogen and oxygen atoms in total. The number of fused-ring (bicyclic) bond motifs is 1. The van der Waals surface area contributed by atoms with Gasteiger partial charge in [-0.05, 0) is 39.8 Å². The fourth-order valence-corrected chi connectivity index (χ4v) is 2.96. The third kappa shape index (κ3) is 4.47. The van der Waals surface area contributed by atoms with Crippen molar-refractivity contribution in [2.45, 2.75) is 52.7 Å². The summed E-state index contributed by atoms with van der Waals surface area (Å²) in [5.41, 5.74) is 1.27. The van der Waals surface area contributed by atoms with E-state index >= 15 is 0 Å². The molecule has 2 aromatic rings. The Balaban J connectivity index is 1.85. The van der Waals surface area contributed by atoms with E-state index in [0.717, 1.165) is 12.1 Å². The molecular weight excluding hydrogens is 306 g/mol. The van der Waals surface area contributed by atoms with E-state index in [-0.39, 0.29) is 12.3 Å². The smallest absolute Gasteiger partial charge is 0.408 e. The Kier molecular flexibility index (Phi) is 6.20. The highest BCUT2D eigenvalue weighted by Gasteiger charge is 2.14. The highest BCUT2D eigenvalue weighted by molar-refractivity contribution is 5.76. The van der Waals surface area contributed by atoms with Gasteiger partial charge in [0, 0.05) is 38.1 Å². The lowest BCUT2D eigenvalue weighted by Crippen LogP contribution is -2.42. The molecule has 6 heteroatoms. The minimum Gasteiger partial charge on any atom is -0.408 e. The highest BCUT2D eigenvalue weighted by atomic mass is 16.4. The zero-order valence-corrected chi connectivity index (χ0v) is 14.9.